The van der Waals surface area contributed by atoms with Crippen LogP contribution in [0.4, 0.5) is 8.78 Å². The van der Waals surface area contributed by atoms with E-state index in [0.29, 0.717) is 17.0 Å². The van der Waals surface area contributed by atoms with Crippen molar-refractivity contribution in [2.24, 2.45) is 5.73 Å². The summed E-state index contributed by atoms with van der Waals surface area (Å²) in [6.07, 6.45) is 3.33. The van der Waals surface area contributed by atoms with Crippen LogP contribution in [0.3, 0.4) is 0 Å². The number of ether oxygens (including phenoxy) is 1. The number of carbonyl (C=O) groups is 1. The fourth-order valence-electron chi connectivity index (χ4n) is 3.59. The molecule has 0 aliphatic rings. The molecule has 1 amide bonds. The minimum atomic E-state index is -0.733. The number of benzene rings is 2. The van der Waals surface area contributed by atoms with Crippen LogP contribution in [0.1, 0.15) is 33.6 Å². The molecule has 2 aromatic carbocycles. The average molecular weight is 481 g/mol. The number of carbonyl (C=O) groups excluding carboxylic acids is 1. The second-order valence-corrected chi connectivity index (χ2v) is 7.72. The highest BCUT2D eigenvalue weighted by Gasteiger charge is 2.21. The summed E-state index contributed by atoms with van der Waals surface area (Å²) >= 11 is 0. The number of pyridine rings is 1. The van der Waals surface area contributed by atoms with Crippen LogP contribution < -0.4 is 15.8 Å². The van der Waals surface area contributed by atoms with Crippen LogP contribution in [0.15, 0.2) is 66.9 Å². The molecule has 0 aliphatic carbocycles. The van der Waals surface area contributed by atoms with Crippen LogP contribution in [-0.2, 0) is 6.42 Å². The molecule has 0 unspecified atom stereocenters. The van der Waals surface area contributed by atoms with Crippen molar-refractivity contribution in [2.75, 3.05) is 13.7 Å². The maximum Gasteiger partial charge on any atom is 0.252 e. The number of hydrogen-bond donors (Lipinski definition) is 4. The number of allylic oxidation sites excluding steroid dienone is 1. The Morgan fingerprint density at radius 2 is 1.94 bits per heavy atom. The van der Waals surface area contributed by atoms with Gasteiger partial charge in [0.25, 0.3) is 5.91 Å². The first-order valence-electron chi connectivity index (χ1n) is 10.8. The van der Waals surface area contributed by atoms with Crippen LogP contribution in [0, 0.1) is 17.0 Å². The number of aliphatic hydroxyl groups excluding tert-OH is 1. The molecule has 7 nitrogen and oxygen atoms in total. The lowest BCUT2D eigenvalue weighted by molar-refractivity contribution is 0.0929. The molecule has 0 saturated heterocycles. The maximum absolute atomic E-state index is 14.8. The van der Waals surface area contributed by atoms with Crippen LogP contribution in [0.25, 0.3) is 5.70 Å². The molecule has 9 heteroatoms. The third-order valence-electron chi connectivity index (χ3n) is 5.32. The molecule has 1 heterocycles. The van der Waals surface area contributed by atoms with Gasteiger partial charge in [-0.25, -0.2) is 8.78 Å². The predicted molar refractivity (Wildman–Crippen MR) is 129 cm³/mol. The number of amides is 1. The van der Waals surface area contributed by atoms with Crippen molar-refractivity contribution in [3.05, 3.63) is 101 Å². The van der Waals surface area contributed by atoms with Crippen molar-refractivity contribution in [3.63, 3.8) is 0 Å². The Labute approximate surface area is 201 Å². The van der Waals surface area contributed by atoms with Crippen LogP contribution >= 0.6 is 0 Å². The molecule has 35 heavy (non-hydrogen) atoms. The van der Waals surface area contributed by atoms with Gasteiger partial charge in [0.2, 0.25) is 0 Å². The molecular weight excluding hydrogens is 454 g/mol. The third-order valence-corrected chi connectivity index (χ3v) is 5.32. The van der Waals surface area contributed by atoms with Crippen LogP contribution in [-0.4, -0.2) is 41.5 Å². The van der Waals surface area contributed by atoms with Crippen molar-refractivity contribution in [1.29, 1.82) is 5.41 Å². The summed E-state index contributed by atoms with van der Waals surface area (Å²) in [5.41, 5.74) is 6.70. The molecule has 0 radical (unpaired) electrons. The highest BCUT2D eigenvalue weighted by Crippen LogP contribution is 2.22. The average Bonchev–Trinajstić information content (AvgIpc) is 2.84. The highest BCUT2D eigenvalue weighted by atomic mass is 19.1. The van der Waals surface area contributed by atoms with Gasteiger partial charge in [0.15, 0.2) is 0 Å². The number of nitrogens with two attached hydrogens (primary N) is 1. The standard InChI is InChI=1S/C26H26F2N4O3/c1-35-24-6-3-12-31-23(24)14-18(11-13-33)32-26(34)19-4-2-5-20(28)25(19)22(30)15-21(29)16-7-9-17(27)10-8-16/h2-10,12,15,18,29,33H,11,13-14,30H2,1H3,(H,32,34)/t18-/m0/s1. The number of aromatic nitrogens is 1. The number of rotatable bonds is 10. The Morgan fingerprint density at radius 1 is 1.20 bits per heavy atom. The van der Waals surface area contributed by atoms with E-state index in [1.807, 2.05) is 0 Å². The summed E-state index contributed by atoms with van der Waals surface area (Å²) in [6, 6.07) is 12.1. The minimum Gasteiger partial charge on any atom is -0.495 e. The van der Waals surface area contributed by atoms with Gasteiger partial charge in [0.1, 0.15) is 17.4 Å². The maximum atomic E-state index is 14.8. The Balaban J connectivity index is 1.87. The van der Waals surface area contributed by atoms with Crippen molar-refractivity contribution >= 4 is 17.3 Å². The molecule has 0 spiro atoms. The Hall–Kier alpha value is -4.11. The second-order valence-electron chi connectivity index (χ2n) is 7.72. The number of nitrogens with zero attached hydrogens (tertiary/aromatic N) is 1. The molecule has 0 fully saturated rings. The molecular formula is C26H26F2N4O3. The monoisotopic (exact) mass is 480 g/mol. The Morgan fingerprint density at radius 3 is 2.63 bits per heavy atom. The Kier molecular flexibility index (Phi) is 8.63. The summed E-state index contributed by atoms with van der Waals surface area (Å²) in [4.78, 5) is 17.4. The third kappa shape index (κ3) is 6.48. The van der Waals surface area contributed by atoms with E-state index in [9.17, 15) is 18.7 Å². The second kappa shape index (κ2) is 11.8. The first-order chi connectivity index (χ1) is 16.8. The lowest BCUT2D eigenvalue weighted by Gasteiger charge is -2.20. The number of hydrogen-bond acceptors (Lipinski definition) is 6. The first-order valence-corrected chi connectivity index (χ1v) is 10.8. The van der Waals surface area contributed by atoms with Crippen molar-refractivity contribution in [2.45, 2.75) is 18.9 Å². The molecule has 3 aromatic rings. The molecule has 0 aliphatic heterocycles. The van der Waals surface area contributed by atoms with E-state index >= 15 is 0 Å². The first kappa shape index (κ1) is 25.5. The normalized spacial score (nSPS) is 12.2. The zero-order chi connectivity index (χ0) is 25.4. The molecule has 0 saturated carbocycles. The van der Waals surface area contributed by atoms with Crippen molar-refractivity contribution in [3.8, 4) is 5.75 Å². The largest absolute Gasteiger partial charge is 0.495 e. The fraction of sp³-hybridized carbons (Fsp3) is 0.192. The van der Waals surface area contributed by atoms with Gasteiger partial charge in [0.05, 0.1) is 24.1 Å². The molecule has 1 aromatic heterocycles. The quantitative estimate of drug-likeness (QED) is 0.331. The molecule has 3 rings (SSSR count). The van der Waals surface area contributed by atoms with E-state index < -0.39 is 23.6 Å². The van der Waals surface area contributed by atoms with E-state index in [2.05, 4.69) is 10.3 Å². The number of halogens is 2. The smallest absolute Gasteiger partial charge is 0.252 e. The Bertz CT molecular complexity index is 1230. The van der Waals surface area contributed by atoms with E-state index in [4.69, 9.17) is 15.9 Å². The lowest BCUT2D eigenvalue weighted by atomic mass is 9.99. The van der Waals surface area contributed by atoms with E-state index in [1.54, 1.807) is 18.3 Å². The number of aliphatic hydroxyl groups is 1. The van der Waals surface area contributed by atoms with Gasteiger partial charge in [0, 0.05) is 36.5 Å². The van der Waals surface area contributed by atoms with Gasteiger partial charge in [-0.05, 0) is 66.6 Å². The fourth-order valence-corrected chi connectivity index (χ4v) is 3.59. The summed E-state index contributed by atoms with van der Waals surface area (Å²) in [7, 11) is 1.51. The zero-order valence-electron chi connectivity index (χ0n) is 19.1. The van der Waals surface area contributed by atoms with Crippen molar-refractivity contribution < 1.29 is 23.4 Å². The number of methoxy groups -OCH3 is 1. The van der Waals surface area contributed by atoms with Crippen LogP contribution in [0.2, 0.25) is 0 Å². The van der Waals surface area contributed by atoms with E-state index in [0.717, 1.165) is 6.07 Å². The minimum absolute atomic E-state index is 0.0263. The SMILES string of the molecule is COc1cccnc1C[C@H](CCO)NC(=O)c1cccc(F)c1C(N)=CC(=N)c1ccc(F)cc1. The summed E-state index contributed by atoms with van der Waals surface area (Å²) in [5, 5.41) is 20.5. The topological polar surface area (TPSA) is 121 Å². The zero-order valence-corrected chi connectivity index (χ0v) is 19.1. The lowest BCUT2D eigenvalue weighted by Crippen LogP contribution is -2.38. The van der Waals surface area contributed by atoms with Gasteiger partial charge in [-0.1, -0.05) is 6.07 Å². The van der Waals surface area contributed by atoms with Crippen molar-refractivity contribution in [1.82, 2.24) is 10.3 Å². The molecule has 5 N–H and O–H groups in total. The molecule has 0 bridgehead atoms. The predicted octanol–water partition coefficient (Wildman–Crippen LogP) is 3.46. The van der Waals surface area contributed by atoms with Gasteiger partial charge < -0.3 is 26.3 Å². The molecule has 1 atom stereocenters. The number of nitrogens with one attached hydrogen (secondary N) is 2. The van der Waals surface area contributed by atoms with Gasteiger partial charge in [-0.3, -0.25) is 9.78 Å². The molecule has 182 valence electrons. The summed E-state index contributed by atoms with van der Waals surface area (Å²) < 4.78 is 33.3. The van der Waals surface area contributed by atoms with Crippen LogP contribution in [0.5, 0.6) is 5.75 Å². The van der Waals surface area contributed by atoms with E-state index in [-0.39, 0.29) is 42.0 Å². The van der Waals surface area contributed by atoms with Gasteiger partial charge in [-0.15, -0.1) is 0 Å². The summed E-state index contributed by atoms with van der Waals surface area (Å²) in [6.45, 7) is -0.188. The van der Waals surface area contributed by atoms with E-state index in [1.165, 1.54) is 49.6 Å². The summed E-state index contributed by atoms with van der Waals surface area (Å²) in [5.74, 6) is -1.24. The highest BCUT2D eigenvalue weighted by molar-refractivity contribution is 6.11. The van der Waals surface area contributed by atoms with Gasteiger partial charge >= 0.3 is 0 Å². The van der Waals surface area contributed by atoms with Gasteiger partial charge in [-0.2, -0.15) is 0 Å².